The molecule has 4 nitrogen and oxygen atoms in total. The van der Waals surface area contributed by atoms with E-state index in [0.29, 0.717) is 11.7 Å². The Labute approximate surface area is 130 Å². The van der Waals surface area contributed by atoms with E-state index in [-0.39, 0.29) is 18.6 Å². The molecule has 0 unspecified atom stereocenters. The standard InChI is InChI=1S/C18H22N2O2/c1-13-6-2-3-9-15(13)20-17(21)12-22-16-10-4-7-14-8-5-11-19-18(14)16/h4-5,7-8,10-11,13,15H,2-3,6,9,12H2,1H3,(H,20,21)/t13-,15+/m1/s1. The van der Waals surface area contributed by atoms with E-state index in [1.165, 1.54) is 19.3 Å². The van der Waals surface area contributed by atoms with Gasteiger partial charge in [0, 0.05) is 17.6 Å². The van der Waals surface area contributed by atoms with Gasteiger partial charge in [0.25, 0.3) is 5.91 Å². The summed E-state index contributed by atoms with van der Waals surface area (Å²) in [7, 11) is 0. The molecule has 1 aromatic carbocycles. The molecule has 4 heteroatoms. The predicted octanol–water partition coefficient (Wildman–Crippen LogP) is 3.31. The van der Waals surface area contributed by atoms with Crippen LogP contribution in [0, 0.1) is 5.92 Å². The van der Waals surface area contributed by atoms with E-state index >= 15 is 0 Å². The Kier molecular flexibility index (Phi) is 4.56. The highest BCUT2D eigenvalue weighted by Gasteiger charge is 2.22. The van der Waals surface area contributed by atoms with Gasteiger partial charge in [-0.1, -0.05) is 38.0 Å². The first-order valence-corrected chi connectivity index (χ1v) is 8.00. The zero-order valence-electron chi connectivity index (χ0n) is 12.9. The minimum absolute atomic E-state index is 0.0406. The summed E-state index contributed by atoms with van der Waals surface area (Å²) in [5, 5.41) is 4.12. The summed E-state index contributed by atoms with van der Waals surface area (Å²) in [4.78, 5) is 16.4. The number of aromatic nitrogens is 1. The molecule has 1 aliphatic rings. The summed E-state index contributed by atoms with van der Waals surface area (Å²) in [5.41, 5.74) is 0.795. The molecule has 116 valence electrons. The maximum absolute atomic E-state index is 12.1. The van der Waals surface area contributed by atoms with Crippen molar-refractivity contribution in [3.63, 3.8) is 0 Å². The molecule has 2 atom stereocenters. The van der Waals surface area contributed by atoms with E-state index in [0.717, 1.165) is 17.3 Å². The lowest BCUT2D eigenvalue weighted by Gasteiger charge is -2.29. The molecule has 2 aromatic rings. The maximum Gasteiger partial charge on any atom is 0.258 e. The fourth-order valence-corrected chi connectivity index (χ4v) is 3.12. The fourth-order valence-electron chi connectivity index (χ4n) is 3.12. The molecule has 3 rings (SSSR count). The Morgan fingerprint density at radius 1 is 1.27 bits per heavy atom. The smallest absolute Gasteiger partial charge is 0.258 e. The van der Waals surface area contributed by atoms with Crippen LogP contribution in [0.2, 0.25) is 0 Å². The zero-order valence-corrected chi connectivity index (χ0v) is 12.9. The lowest BCUT2D eigenvalue weighted by molar-refractivity contribution is -0.124. The van der Waals surface area contributed by atoms with Gasteiger partial charge in [-0.15, -0.1) is 0 Å². The molecule has 1 fully saturated rings. The summed E-state index contributed by atoms with van der Waals surface area (Å²) < 4.78 is 5.68. The minimum atomic E-state index is -0.0494. The third-order valence-corrected chi connectivity index (χ3v) is 4.41. The van der Waals surface area contributed by atoms with Gasteiger partial charge in [0.05, 0.1) is 0 Å². The van der Waals surface area contributed by atoms with Crippen molar-refractivity contribution < 1.29 is 9.53 Å². The van der Waals surface area contributed by atoms with Crippen molar-refractivity contribution in [1.29, 1.82) is 0 Å². The second-order valence-corrected chi connectivity index (χ2v) is 6.06. The zero-order chi connectivity index (χ0) is 15.4. The Balaban J connectivity index is 1.60. The fraction of sp³-hybridized carbons (Fsp3) is 0.444. The largest absolute Gasteiger partial charge is 0.481 e. The van der Waals surface area contributed by atoms with Gasteiger partial charge in [-0.3, -0.25) is 9.78 Å². The van der Waals surface area contributed by atoms with E-state index in [1.807, 2.05) is 30.3 Å². The molecular formula is C18H22N2O2. The molecule has 1 N–H and O–H groups in total. The van der Waals surface area contributed by atoms with Crippen LogP contribution in [0.25, 0.3) is 10.9 Å². The summed E-state index contributed by atoms with van der Waals surface area (Å²) in [6.45, 7) is 2.25. The normalized spacial score (nSPS) is 21.5. The topological polar surface area (TPSA) is 51.2 Å². The van der Waals surface area contributed by atoms with Crippen molar-refractivity contribution in [3.8, 4) is 5.75 Å². The van der Waals surface area contributed by atoms with Gasteiger partial charge < -0.3 is 10.1 Å². The molecule has 0 radical (unpaired) electrons. The first-order valence-electron chi connectivity index (χ1n) is 8.00. The average Bonchev–Trinajstić information content (AvgIpc) is 2.55. The van der Waals surface area contributed by atoms with E-state index in [2.05, 4.69) is 17.2 Å². The molecule has 0 spiro atoms. The second kappa shape index (κ2) is 6.77. The molecule has 0 saturated heterocycles. The van der Waals surface area contributed by atoms with Gasteiger partial charge >= 0.3 is 0 Å². The summed E-state index contributed by atoms with van der Waals surface area (Å²) in [6.07, 6.45) is 6.47. The molecule has 1 heterocycles. The van der Waals surface area contributed by atoms with Crippen molar-refractivity contribution in [2.75, 3.05) is 6.61 Å². The van der Waals surface area contributed by atoms with Crippen molar-refractivity contribution in [2.45, 2.75) is 38.6 Å². The third kappa shape index (κ3) is 3.38. The summed E-state index contributed by atoms with van der Waals surface area (Å²) in [6, 6.07) is 9.92. The van der Waals surface area contributed by atoms with Crippen molar-refractivity contribution in [3.05, 3.63) is 36.5 Å². The SMILES string of the molecule is C[C@@H]1CCCC[C@@H]1NC(=O)COc1cccc2cccnc12. The molecule has 1 aromatic heterocycles. The first kappa shape index (κ1) is 14.8. The molecule has 1 amide bonds. The number of fused-ring (bicyclic) bond motifs is 1. The molecule has 22 heavy (non-hydrogen) atoms. The van der Waals surface area contributed by atoms with Crippen LogP contribution in [-0.2, 0) is 4.79 Å². The highest BCUT2D eigenvalue weighted by Crippen LogP contribution is 2.24. The van der Waals surface area contributed by atoms with E-state index in [4.69, 9.17) is 4.74 Å². The number of ether oxygens (including phenoxy) is 1. The number of nitrogens with one attached hydrogen (secondary N) is 1. The molecule has 1 aliphatic carbocycles. The Bertz CT molecular complexity index is 651. The number of nitrogens with zero attached hydrogens (tertiary/aromatic N) is 1. The van der Waals surface area contributed by atoms with Gasteiger partial charge in [0.2, 0.25) is 0 Å². The van der Waals surface area contributed by atoms with Crippen molar-refractivity contribution in [1.82, 2.24) is 10.3 Å². The van der Waals surface area contributed by atoms with Crippen LogP contribution >= 0.6 is 0 Å². The molecule has 0 aliphatic heterocycles. The number of rotatable bonds is 4. The monoisotopic (exact) mass is 298 g/mol. The third-order valence-electron chi connectivity index (χ3n) is 4.41. The highest BCUT2D eigenvalue weighted by atomic mass is 16.5. The van der Waals surface area contributed by atoms with Crippen LogP contribution in [0.4, 0.5) is 0 Å². The van der Waals surface area contributed by atoms with Crippen LogP contribution < -0.4 is 10.1 Å². The van der Waals surface area contributed by atoms with Crippen molar-refractivity contribution >= 4 is 16.8 Å². The van der Waals surface area contributed by atoms with Crippen LogP contribution in [0.15, 0.2) is 36.5 Å². The Hall–Kier alpha value is -2.10. The number of para-hydroxylation sites is 1. The number of benzene rings is 1. The second-order valence-electron chi connectivity index (χ2n) is 6.06. The minimum Gasteiger partial charge on any atom is -0.481 e. The first-order chi connectivity index (χ1) is 10.7. The van der Waals surface area contributed by atoms with E-state index < -0.39 is 0 Å². The molecular weight excluding hydrogens is 276 g/mol. The van der Waals surface area contributed by atoms with Crippen LogP contribution in [0.3, 0.4) is 0 Å². The van der Waals surface area contributed by atoms with Crippen LogP contribution in [0.5, 0.6) is 5.75 Å². The van der Waals surface area contributed by atoms with Gasteiger partial charge in [-0.05, 0) is 30.9 Å². The van der Waals surface area contributed by atoms with E-state index in [9.17, 15) is 4.79 Å². The Morgan fingerprint density at radius 2 is 2.09 bits per heavy atom. The number of hydrogen-bond donors (Lipinski definition) is 1. The maximum atomic E-state index is 12.1. The number of hydrogen-bond acceptors (Lipinski definition) is 3. The lowest BCUT2D eigenvalue weighted by atomic mass is 9.86. The lowest BCUT2D eigenvalue weighted by Crippen LogP contribution is -2.43. The summed E-state index contributed by atoms with van der Waals surface area (Å²) >= 11 is 0. The number of pyridine rings is 1. The molecule has 0 bridgehead atoms. The number of carbonyl (C=O) groups is 1. The van der Waals surface area contributed by atoms with Gasteiger partial charge in [0.15, 0.2) is 6.61 Å². The quantitative estimate of drug-likeness (QED) is 0.942. The number of amides is 1. The van der Waals surface area contributed by atoms with Gasteiger partial charge in [0.1, 0.15) is 11.3 Å². The van der Waals surface area contributed by atoms with Gasteiger partial charge in [-0.2, -0.15) is 0 Å². The van der Waals surface area contributed by atoms with Crippen LogP contribution in [-0.4, -0.2) is 23.5 Å². The predicted molar refractivity (Wildman–Crippen MR) is 86.8 cm³/mol. The number of carbonyl (C=O) groups excluding carboxylic acids is 1. The highest BCUT2D eigenvalue weighted by molar-refractivity contribution is 5.85. The average molecular weight is 298 g/mol. The molecule has 1 saturated carbocycles. The van der Waals surface area contributed by atoms with Gasteiger partial charge in [-0.25, -0.2) is 0 Å². The van der Waals surface area contributed by atoms with Crippen LogP contribution in [0.1, 0.15) is 32.6 Å². The van der Waals surface area contributed by atoms with E-state index in [1.54, 1.807) is 6.20 Å². The summed E-state index contributed by atoms with van der Waals surface area (Å²) in [5.74, 6) is 1.16. The van der Waals surface area contributed by atoms with Crippen molar-refractivity contribution in [2.24, 2.45) is 5.92 Å². The Morgan fingerprint density at radius 3 is 2.95 bits per heavy atom.